The Bertz CT molecular complexity index is 484. The fourth-order valence-corrected chi connectivity index (χ4v) is 2.92. The molecular weight excluding hydrogens is 216 g/mol. The molecule has 0 saturated heterocycles. The topological polar surface area (TPSA) is 43.4 Å². The maximum Gasteiger partial charge on any atom is 0.170 e. The molecule has 1 aromatic rings. The van der Waals surface area contributed by atoms with Gasteiger partial charge in [-0.05, 0) is 37.8 Å². The molecule has 0 aromatic heterocycles. The fourth-order valence-electron chi connectivity index (χ4n) is 2.92. The molecule has 1 aliphatic heterocycles. The molecular formula is C14H14O3. The van der Waals surface area contributed by atoms with Gasteiger partial charge < -0.3 is 4.74 Å². The predicted molar refractivity (Wildman–Crippen MR) is 62.6 cm³/mol. The summed E-state index contributed by atoms with van der Waals surface area (Å²) in [6.07, 6.45) is 5.27. The molecule has 1 spiro atoms. The van der Waals surface area contributed by atoms with E-state index in [1.54, 1.807) is 18.2 Å². The Morgan fingerprint density at radius 1 is 1.24 bits per heavy atom. The summed E-state index contributed by atoms with van der Waals surface area (Å²) < 4.78 is 6.02. The van der Waals surface area contributed by atoms with Gasteiger partial charge in [-0.1, -0.05) is 6.07 Å². The zero-order valence-electron chi connectivity index (χ0n) is 9.57. The molecule has 2 aliphatic rings. The molecule has 88 valence electrons. The highest BCUT2D eigenvalue weighted by Crippen LogP contribution is 2.43. The van der Waals surface area contributed by atoms with Crippen molar-refractivity contribution in [2.24, 2.45) is 0 Å². The molecule has 0 N–H and O–H groups in total. The van der Waals surface area contributed by atoms with Crippen molar-refractivity contribution in [1.82, 2.24) is 0 Å². The van der Waals surface area contributed by atoms with Crippen molar-refractivity contribution in [2.75, 3.05) is 0 Å². The first-order chi connectivity index (χ1) is 8.24. The van der Waals surface area contributed by atoms with Crippen molar-refractivity contribution in [3.8, 4) is 5.75 Å². The van der Waals surface area contributed by atoms with Crippen LogP contribution in [0.15, 0.2) is 18.2 Å². The van der Waals surface area contributed by atoms with E-state index >= 15 is 0 Å². The molecule has 17 heavy (non-hydrogen) atoms. The average molecular weight is 230 g/mol. The smallest absolute Gasteiger partial charge is 0.170 e. The van der Waals surface area contributed by atoms with Gasteiger partial charge in [0.15, 0.2) is 12.1 Å². The summed E-state index contributed by atoms with van der Waals surface area (Å²) in [5.74, 6) is 0.609. The van der Waals surface area contributed by atoms with Gasteiger partial charge in [0.25, 0.3) is 0 Å². The van der Waals surface area contributed by atoms with Gasteiger partial charge in [-0.2, -0.15) is 0 Å². The number of ketones is 1. The molecule has 1 fully saturated rings. The second-order valence-electron chi connectivity index (χ2n) is 4.93. The number of ether oxygens (including phenoxy) is 1. The number of fused-ring (bicyclic) bond motifs is 1. The van der Waals surface area contributed by atoms with Crippen LogP contribution in [0.25, 0.3) is 0 Å². The Kier molecular flexibility index (Phi) is 2.28. The number of hydrogen-bond acceptors (Lipinski definition) is 3. The van der Waals surface area contributed by atoms with E-state index in [0.29, 0.717) is 23.3 Å². The van der Waals surface area contributed by atoms with Crippen molar-refractivity contribution >= 4 is 12.1 Å². The normalized spacial score (nSPS) is 21.1. The highest BCUT2D eigenvalue weighted by atomic mass is 16.5. The summed E-state index contributed by atoms with van der Waals surface area (Å²) >= 11 is 0. The molecule has 1 saturated carbocycles. The summed E-state index contributed by atoms with van der Waals surface area (Å²) in [6.45, 7) is 0. The summed E-state index contributed by atoms with van der Waals surface area (Å²) in [7, 11) is 0. The average Bonchev–Trinajstić information content (AvgIpc) is 2.76. The fraction of sp³-hybridized carbons (Fsp3) is 0.429. The van der Waals surface area contributed by atoms with Crippen molar-refractivity contribution in [3.05, 3.63) is 29.3 Å². The molecule has 0 bridgehead atoms. The number of Topliss-reactive ketones (excluding diaryl/α,β-unsaturated/α-hetero) is 1. The van der Waals surface area contributed by atoms with Gasteiger partial charge in [-0.3, -0.25) is 9.59 Å². The van der Waals surface area contributed by atoms with E-state index in [-0.39, 0.29) is 11.4 Å². The molecule has 1 heterocycles. The first kappa shape index (κ1) is 10.5. The van der Waals surface area contributed by atoms with Gasteiger partial charge >= 0.3 is 0 Å². The van der Waals surface area contributed by atoms with Gasteiger partial charge in [-0.25, -0.2) is 0 Å². The van der Waals surface area contributed by atoms with Gasteiger partial charge in [-0.15, -0.1) is 0 Å². The van der Waals surface area contributed by atoms with Crippen molar-refractivity contribution in [3.63, 3.8) is 0 Å². The maximum atomic E-state index is 12.1. The number of hydrogen-bond donors (Lipinski definition) is 0. The second kappa shape index (κ2) is 3.69. The van der Waals surface area contributed by atoms with Crippen molar-refractivity contribution in [1.29, 1.82) is 0 Å². The molecule has 0 amide bonds. The summed E-state index contributed by atoms with van der Waals surface area (Å²) in [5.41, 5.74) is 0.720. The highest BCUT2D eigenvalue weighted by Gasteiger charge is 2.43. The van der Waals surface area contributed by atoms with E-state index in [4.69, 9.17) is 4.74 Å². The highest BCUT2D eigenvalue weighted by molar-refractivity contribution is 6.02. The second-order valence-corrected chi connectivity index (χ2v) is 4.93. The van der Waals surface area contributed by atoms with E-state index in [1.807, 2.05) is 0 Å². The maximum absolute atomic E-state index is 12.1. The minimum Gasteiger partial charge on any atom is -0.485 e. The Balaban J connectivity index is 2.09. The SMILES string of the molecule is O=Cc1cccc2c1OC1(CCCC1)CC2=O. The predicted octanol–water partition coefficient (Wildman–Crippen LogP) is 2.78. The quantitative estimate of drug-likeness (QED) is 0.697. The molecule has 3 rings (SSSR count). The Labute approximate surface area is 99.8 Å². The lowest BCUT2D eigenvalue weighted by molar-refractivity contribution is 0.0445. The number of rotatable bonds is 1. The van der Waals surface area contributed by atoms with Crippen LogP contribution in [0.5, 0.6) is 5.75 Å². The Morgan fingerprint density at radius 2 is 2.00 bits per heavy atom. The van der Waals surface area contributed by atoms with E-state index in [1.165, 1.54) is 0 Å². The molecule has 1 aliphatic carbocycles. The standard InChI is InChI=1S/C14H14O3/c15-9-10-4-3-5-11-12(16)8-14(17-13(10)11)6-1-2-7-14/h3-5,9H,1-2,6-8H2. The summed E-state index contributed by atoms with van der Waals surface area (Å²) in [4.78, 5) is 23.1. The number of carbonyl (C=O) groups is 2. The minimum absolute atomic E-state index is 0.108. The van der Waals surface area contributed by atoms with Crippen LogP contribution < -0.4 is 4.74 Å². The van der Waals surface area contributed by atoms with Crippen molar-refractivity contribution in [2.45, 2.75) is 37.7 Å². The Hall–Kier alpha value is -1.64. The third kappa shape index (κ3) is 1.57. The van der Waals surface area contributed by atoms with Crippen LogP contribution in [0.4, 0.5) is 0 Å². The van der Waals surface area contributed by atoms with Gasteiger partial charge in [0.1, 0.15) is 11.4 Å². The van der Waals surface area contributed by atoms with E-state index < -0.39 is 0 Å². The largest absolute Gasteiger partial charge is 0.485 e. The lowest BCUT2D eigenvalue weighted by Crippen LogP contribution is -2.39. The van der Waals surface area contributed by atoms with Crippen LogP contribution >= 0.6 is 0 Å². The monoisotopic (exact) mass is 230 g/mol. The molecule has 0 atom stereocenters. The zero-order chi connectivity index (χ0) is 11.9. The van der Waals surface area contributed by atoms with Crippen molar-refractivity contribution < 1.29 is 14.3 Å². The van der Waals surface area contributed by atoms with Gasteiger partial charge in [0, 0.05) is 0 Å². The van der Waals surface area contributed by atoms with E-state index in [0.717, 1.165) is 32.0 Å². The van der Waals surface area contributed by atoms with Crippen LogP contribution in [-0.2, 0) is 0 Å². The molecule has 0 radical (unpaired) electrons. The van der Waals surface area contributed by atoms with Crippen LogP contribution in [0.3, 0.4) is 0 Å². The lowest BCUT2D eigenvalue weighted by Gasteiger charge is -2.35. The van der Waals surface area contributed by atoms with Crippen LogP contribution in [0.2, 0.25) is 0 Å². The number of carbonyl (C=O) groups excluding carboxylic acids is 2. The molecule has 0 unspecified atom stereocenters. The van der Waals surface area contributed by atoms with Gasteiger partial charge in [0.05, 0.1) is 17.5 Å². The first-order valence-electron chi connectivity index (χ1n) is 6.04. The third-order valence-electron chi connectivity index (χ3n) is 3.79. The summed E-state index contributed by atoms with van der Waals surface area (Å²) in [6, 6.07) is 5.18. The Morgan fingerprint density at radius 3 is 2.71 bits per heavy atom. The third-order valence-corrected chi connectivity index (χ3v) is 3.79. The molecule has 3 nitrogen and oxygen atoms in total. The number of aldehydes is 1. The number of benzene rings is 1. The molecule has 3 heteroatoms. The first-order valence-corrected chi connectivity index (χ1v) is 6.04. The number of para-hydroxylation sites is 1. The van der Waals surface area contributed by atoms with E-state index in [9.17, 15) is 9.59 Å². The van der Waals surface area contributed by atoms with Crippen LogP contribution in [0, 0.1) is 0 Å². The minimum atomic E-state index is -0.330. The van der Waals surface area contributed by atoms with Crippen LogP contribution in [0.1, 0.15) is 52.8 Å². The zero-order valence-corrected chi connectivity index (χ0v) is 9.57. The molecule has 1 aromatic carbocycles. The lowest BCUT2D eigenvalue weighted by atomic mass is 9.88. The van der Waals surface area contributed by atoms with Crippen LogP contribution in [-0.4, -0.2) is 17.7 Å². The summed E-state index contributed by atoms with van der Waals surface area (Å²) in [5, 5.41) is 0. The van der Waals surface area contributed by atoms with Gasteiger partial charge in [0.2, 0.25) is 0 Å². The van der Waals surface area contributed by atoms with E-state index in [2.05, 4.69) is 0 Å².